The van der Waals surface area contributed by atoms with Crippen LogP contribution in [0.3, 0.4) is 0 Å². The first-order valence-corrected chi connectivity index (χ1v) is 5.40. The highest BCUT2D eigenvalue weighted by atomic mass is 16.6. The van der Waals surface area contributed by atoms with E-state index < -0.39 is 16.9 Å². The molecule has 8 heteroatoms. The van der Waals surface area contributed by atoms with E-state index in [0.717, 1.165) is 0 Å². The average molecular weight is 267 g/mol. The molecule has 1 unspecified atom stereocenters. The van der Waals surface area contributed by atoms with E-state index >= 15 is 0 Å². The maximum Gasteiger partial charge on any atom is 0.326 e. The van der Waals surface area contributed by atoms with E-state index in [0.29, 0.717) is 11.1 Å². The first-order chi connectivity index (χ1) is 8.88. The molecular weight excluding hydrogens is 254 g/mol. The predicted octanol–water partition coefficient (Wildman–Crippen LogP) is 0.348. The number of aliphatic carboxylic acids is 1. The van der Waals surface area contributed by atoms with Gasteiger partial charge in [-0.2, -0.15) is 0 Å². The second-order valence-electron chi connectivity index (χ2n) is 4.00. The summed E-state index contributed by atoms with van der Waals surface area (Å²) in [4.78, 5) is 35.6. The SMILES string of the molecule is Cc1cnc(CC(NC=O)C(=O)O)c(C)c1[N+](=O)[O-]. The topological polar surface area (TPSA) is 122 Å². The first-order valence-electron chi connectivity index (χ1n) is 5.40. The Hall–Kier alpha value is -2.51. The number of pyridine rings is 1. The smallest absolute Gasteiger partial charge is 0.326 e. The molecule has 1 aromatic rings. The molecule has 0 bridgehead atoms. The standard InChI is InChI=1S/C11H13N3O5/c1-6-4-12-8(7(2)10(6)14(18)19)3-9(11(16)17)13-5-15/h4-5,9H,3H2,1-2H3,(H,13,15)(H,16,17). The van der Waals surface area contributed by atoms with Crippen molar-refractivity contribution in [1.29, 1.82) is 0 Å². The van der Waals surface area contributed by atoms with Crippen LogP contribution in [0.15, 0.2) is 6.20 Å². The first kappa shape index (κ1) is 14.6. The molecule has 0 aromatic carbocycles. The van der Waals surface area contributed by atoms with Crippen LogP contribution in [0.1, 0.15) is 16.8 Å². The zero-order chi connectivity index (χ0) is 14.6. The summed E-state index contributed by atoms with van der Waals surface area (Å²) in [6, 6.07) is -1.16. The minimum Gasteiger partial charge on any atom is -0.480 e. The summed E-state index contributed by atoms with van der Waals surface area (Å²) in [7, 11) is 0. The van der Waals surface area contributed by atoms with Crippen LogP contribution >= 0.6 is 0 Å². The van der Waals surface area contributed by atoms with E-state index in [9.17, 15) is 19.7 Å². The van der Waals surface area contributed by atoms with Gasteiger partial charge < -0.3 is 10.4 Å². The molecule has 0 fully saturated rings. The lowest BCUT2D eigenvalue weighted by atomic mass is 10.0. The van der Waals surface area contributed by atoms with Crippen LogP contribution in [-0.4, -0.2) is 33.4 Å². The van der Waals surface area contributed by atoms with E-state index in [1.165, 1.54) is 13.1 Å². The summed E-state index contributed by atoms with van der Waals surface area (Å²) in [6.45, 7) is 3.06. The third-order valence-electron chi connectivity index (χ3n) is 2.72. The Morgan fingerprint density at radius 3 is 2.74 bits per heavy atom. The number of amides is 1. The number of aryl methyl sites for hydroxylation is 1. The lowest BCUT2D eigenvalue weighted by Crippen LogP contribution is -2.38. The van der Waals surface area contributed by atoms with Crippen LogP contribution in [0.2, 0.25) is 0 Å². The molecule has 0 spiro atoms. The van der Waals surface area contributed by atoms with Crippen molar-refractivity contribution in [3.05, 3.63) is 33.1 Å². The van der Waals surface area contributed by atoms with Crippen LogP contribution < -0.4 is 5.32 Å². The normalized spacial score (nSPS) is 11.7. The summed E-state index contributed by atoms with van der Waals surface area (Å²) >= 11 is 0. The van der Waals surface area contributed by atoms with Gasteiger partial charge in [-0.3, -0.25) is 19.9 Å². The summed E-state index contributed by atoms with van der Waals surface area (Å²) < 4.78 is 0. The summed E-state index contributed by atoms with van der Waals surface area (Å²) in [5.74, 6) is -1.23. The average Bonchev–Trinajstić information content (AvgIpc) is 2.31. The number of carbonyl (C=O) groups is 2. The molecule has 0 aliphatic heterocycles. The van der Waals surface area contributed by atoms with Gasteiger partial charge in [0, 0.05) is 23.7 Å². The molecule has 0 radical (unpaired) electrons. The number of hydrogen-bond acceptors (Lipinski definition) is 5. The Bertz CT molecular complexity index is 529. The van der Waals surface area contributed by atoms with E-state index in [4.69, 9.17) is 5.11 Å². The quantitative estimate of drug-likeness (QED) is 0.435. The zero-order valence-electron chi connectivity index (χ0n) is 10.4. The van der Waals surface area contributed by atoms with E-state index in [-0.39, 0.29) is 24.2 Å². The Morgan fingerprint density at radius 1 is 1.63 bits per heavy atom. The zero-order valence-corrected chi connectivity index (χ0v) is 10.4. The third kappa shape index (κ3) is 3.24. The lowest BCUT2D eigenvalue weighted by Gasteiger charge is -2.12. The molecule has 1 aromatic heterocycles. The summed E-state index contributed by atoms with van der Waals surface area (Å²) in [6.07, 6.45) is 1.48. The number of carbonyl (C=O) groups excluding carboxylic acids is 1. The molecule has 0 saturated heterocycles. The van der Waals surface area contributed by atoms with Crippen LogP contribution in [0, 0.1) is 24.0 Å². The summed E-state index contributed by atoms with van der Waals surface area (Å²) in [5, 5.41) is 22.0. The number of nitrogens with zero attached hydrogens (tertiary/aromatic N) is 2. The van der Waals surface area contributed by atoms with Crippen LogP contribution in [0.4, 0.5) is 5.69 Å². The van der Waals surface area contributed by atoms with Gasteiger partial charge in [-0.25, -0.2) is 4.79 Å². The largest absolute Gasteiger partial charge is 0.480 e. The highest BCUT2D eigenvalue weighted by molar-refractivity contribution is 5.76. The van der Waals surface area contributed by atoms with Crippen molar-refractivity contribution in [3.8, 4) is 0 Å². The molecule has 1 atom stereocenters. The van der Waals surface area contributed by atoms with Crippen LogP contribution in [0.5, 0.6) is 0 Å². The number of carboxylic acid groups (broad SMARTS) is 1. The minimum absolute atomic E-state index is 0.0831. The molecule has 1 heterocycles. The highest BCUT2D eigenvalue weighted by Gasteiger charge is 2.23. The fourth-order valence-electron chi connectivity index (χ4n) is 1.74. The molecule has 0 aliphatic rings. The van der Waals surface area contributed by atoms with Crippen LogP contribution in [0.25, 0.3) is 0 Å². The molecule has 2 N–H and O–H groups in total. The van der Waals surface area contributed by atoms with Gasteiger partial charge in [0.2, 0.25) is 6.41 Å². The highest BCUT2D eigenvalue weighted by Crippen LogP contribution is 2.24. The molecule has 0 saturated carbocycles. The molecule has 102 valence electrons. The van der Waals surface area contributed by atoms with Crippen molar-refractivity contribution in [2.45, 2.75) is 26.3 Å². The Morgan fingerprint density at radius 2 is 2.26 bits per heavy atom. The number of nitrogens with one attached hydrogen (secondary N) is 1. The Labute approximate surface area is 108 Å². The number of rotatable bonds is 6. The summed E-state index contributed by atoms with van der Waals surface area (Å²) in [5.41, 5.74) is 0.907. The van der Waals surface area contributed by atoms with Crippen molar-refractivity contribution < 1.29 is 19.6 Å². The molecule has 19 heavy (non-hydrogen) atoms. The fraction of sp³-hybridized carbons (Fsp3) is 0.364. The number of nitro groups is 1. The minimum atomic E-state index is -1.23. The van der Waals surface area contributed by atoms with E-state index in [1.807, 2.05) is 0 Å². The number of carboxylic acids is 1. The fourth-order valence-corrected chi connectivity index (χ4v) is 1.74. The van der Waals surface area contributed by atoms with Gasteiger partial charge in [-0.05, 0) is 13.8 Å². The second kappa shape index (κ2) is 5.89. The molecule has 0 aliphatic carbocycles. The van der Waals surface area contributed by atoms with Crippen molar-refractivity contribution in [1.82, 2.24) is 10.3 Å². The number of aromatic nitrogens is 1. The molecule has 1 rings (SSSR count). The van der Waals surface area contributed by atoms with Gasteiger partial charge in [0.15, 0.2) is 0 Å². The lowest BCUT2D eigenvalue weighted by molar-refractivity contribution is -0.386. The van der Waals surface area contributed by atoms with Gasteiger partial charge in [-0.1, -0.05) is 0 Å². The van der Waals surface area contributed by atoms with Crippen molar-refractivity contribution in [2.75, 3.05) is 0 Å². The third-order valence-corrected chi connectivity index (χ3v) is 2.72. The maximum absolute atomic E-state index is 10.9. The molecule has 1 amide bonds. The van der Waals surface area contributed by atoms with E-state index in [1.54, 1.807) is 6.92 Å². The van der Waals surface area contributed by atoms with Crippen molar-refractivity contribution in [2.24, 2.45) is 0 Å². The Kier molecular flexibility index (Phi) is 4.51. The molecule has 8 nitrogen and oxygen atoms in total. The number of hydrogen-bond donors (Lipinski definition) is 2. The van der Waals surface area contributed by atoms with Gasteiger partial charge in [0.05, 0.1) is 10.6 Å². The maximum atomic E-state index is 10.9. The van der Waals surface area contributed by atoms with Crippen LogP contribution in [-0.2, 0) is 16.0 Å². The van der Waals surface area contributed by atoms with Crippen molar-refractivity contribution >= 4 is 18.1 Å². The monoisotopic (exact) mass is 267 g/mol. The second-order valence-corrected chi connectivity index (χ2v) is 4.00. The van der Waals surface area contributed by atoms with Gasteiger partial charge in [-0.15, -0.1) is 0 Å². The Balaban J connectivity index is 3.14. The van der Waals surface area contributed by atoms with Gasteiger partial charge >= 0.3 is 5.97 Å². The predicted molar refractivity (Wildman–Crippen MR) is 64.7 cm³/mol. The van der Waals surface area contributed by atoms with Gasteiger partial charge in [0.25, 0.3) is 5.69 Å². The van der Waals surface area contributed by atoms with Gasteiger partial charge in [0.1, 0.15) is 6.04 Å². The molecular formula is C11H13N3O5. The van der Waals surface area contributed by atoms with Crippen molar-refractivity contribution in [3.63, 3.8) is 0 Å². The van der Waals surface area contributed by atoms with E-state index in [2.05, 4.69) is 10.3 Å².